The van der Waals surface area contributed by atoms with E-state index in [4.69, 9.17) is 4.74 Å². The first-order chi connectivity index (χ1) is 22.1. The summed E-state index contributed by atoms with van der Waals surface area (Å²) in [6, 6.07) is 8.11. The first kappa shape index (κ1) is 33.0. The van der Waals surface area contributed by atoms with E-state index >= 15 is 8.78 Å². The number of nitrogens with zero attached hydrogens (tertiary/aromatic N) is 4. The average Bonchev–Trinajstić information content (AvgIpc) is 3.05. The molecule has 2 aromatic heterocycles. The smallest absolute Gasteiger partial charge is 0.276 e. The second-order valence-corrected chi connectivity index (χ2v) is 15.6. The maximum atomic E-state index is 15.9. The number of methoxy groups -OCH3 is 1. The molecular formula is C34H45F2N5O4S. The normalized spacial score (nSPS) is 27.6. The molecule has 3 aromatic rings. The van der Waals surface area contributed by atoms with Gasteiger partial charge in [0, 0.05) is 43.3 Å². The van der Waals surface area contributed by atoms with Gasteiger partial charge in [-0.1, -0.05) is 31.0 Å². The Morgan fingerprint density at radius 2 is 1.74 bits per heavy atom. The van der Waals surface area contributed by atoms with Crippen LogP contribution < -0.4 is 10.9 Å². The SMILES string of the molecule is CO[C@H]1CCCCCn2c(=O)c(C3CCS(=O)(=O)CC3)cc3c(ncnc32)N[C@H](C)c2cccc(c2)C(F)(F)C2CCN(CC2)C1. The summed E-state index contributed by atoms with van der Waals surface area (Å²) in [4.78, 5) is 25.3. The van der Waals surface area contributed by atoms with Gasteiger partial charge in [-0.2, -0.15) is 0 Å². The van der Waals surface area contributed by atoms with Crippen molar-refractivity contribution in [3.63, 3.8) is 0 Å². The number of hydrogen-bond donors (Lipinski definition) is 1. The summed E-state index contributed by atoms with van der Waals surface area (Å²) >= 11 is 0. The van der Waals surface area contributed by atoms with Crippen LogP contribution in [0.25, 0.3) is 11.0 Å². The number of sulfone groups is 1. The van der Waals surface area contributed by atoms with Gasteiger partial charge in [0.2, 0.25) is 0 Å². The van der Waals surface area contributed by atoms with Crippen molar-refractivity contribution in [1.29, 1.82) is 0 Å². The first-order valence-corrected chi connectivity index (χ1v) is 18.5. The van der Waals surface area contributed by atoms with E-state index in [-0.39, 0.29) is 40.7 Å². The molecule has 1 aromatic carbocycles. The molecule has 9 nitrogen and oxygen atoms in total. The number of aryl methyl sites for hydroxylation is 1. The molecule has 46 heavy (non-hydrogen) atoms. The molecule has 4 aliphatic heterocycles. The molecule has 8 bridgehead atoms. The highest BCUT2D eigenvalue weighted by molar-refractivity contribution is 7.91. The number of benzene rings is 1. The molecule has 0 radical (unpaired) electrons. The molecule has 6 heterocycles. The van der Waals surface area contributed by atoms with Crippen molar-refractivity contribution in [3.05, 3.63) is 63.7 Å². The fourth-order valence-corrected chi connectivity index (χ4v) is 8.92. The fraction of sp³-hybridized carbons (Fsp3) is 0.618. The Labute approximate surface area is 269 Å². The molecule has 0 amide bonds. The molecule has 7 rings (SSSR count). The highest BCUT2D eigenvalue weighted by Gasteiger charge is 2.43. The summed E-state index contributed by atoms with van der Waals surface area (Å²) in [5.41, 5.74) is 1.68. The Kier molecular flexibility index (Phi) is 9.78. The molecule has 0 unspecified atom stereocenters. The van der Waals surface area contributed by atoms with E-state index in [1.807, 2.05) is 19.1 Å². The van der Waals surface area contributed by atoms with Crippen LogP contribution in [-0.2, 0) is 27.0 Å². The highest BCUT2D eigenvalue weighted by atomic mass is 32.2. The molecule has 2 atom stereocenters. The zero-order chi connectivity index (χ0) is 32.5. The zero-order valence-corrected chi connectivity index (χ0v) is 27.6. The number of pyridine rings is 1. The van der Waals surface area contributed by atoms with Crippen molar-refractivity contribution in [1.82, 2.24) is 19.4 Å². The maximum Gasteiger partial charge on any atom is 0.276 e. The highest BCUT2D eigenvalue weighted by Crippen LogP contribution is 2.42. The van der Waals surface area contributed by atoms with Crippen molar-refractivity contribution in [2.45, 2.75) is 88.8 Å². The van der Waals surface area contributed by atoms with Crippen molar-refractivity contribution in [3.8, 4) is 0 Å². The molecule has 2 saturated heterocycles. The number of piperidine rings is 1. The summed E-state index contributed by atoms with van der Waals surface area (Å²) in [5, 5.41) is 4.09. The van der Waals surface area contributed by atoms with E-state index in [1.165, 1.54) is 12.4 Å². The van der Waals surface area contributed by atoms with Gasteiger partial charge in [-0.3, -0.25) is 9.36 Å². The predicted molar refractivity (Wildman–Crippen MR) is 175 cm³/mol. The van der Waals surface area contributed by atoms with Crippen LogP contribution in [0.3, 0.4) is 0 Å². The van der Waals surface area contributed by atoms with Crippen LogP contribution in [0, 0.1) is 5.92 Å². The lowest BCUT2D eigenvalue weighted by atomic mass is 9.85. The number of rotatable bonds is 2. The van der Waals surface area contributed by atoms with Crippen molar-refractivity contribution in [2.75, 3.05) is 43.6 Å². The third-order valence-corrected chi connectivity index (χ3v) is 12.0. The lowest BCUT2D eigenvalue weighted by Crippen LogP contribution is -2.43. The number of aromatic nitrogens is 3. The van der Waals surface area contributed by atoms with E-state index in [9.17, 15) is 13.2 Å². The number of halogens is 2. The minimum atomic E-state index is -3.11. The Morgan fingerprint density at radius 1 is 0.978 bits per heavy atom. The van der Waals surface area contributed by atoms with Gasteiger partial charge in [-0.25, -0.2) is 27.2 Å². The van der Waals surface area contributed by atoms with Gasteiger partial charge in [0.1, 0.15) is 27.6 Å². The van der Waals surface area contributed by atoms with Crippen LogP contribution in [0.15, 0.2) is 41.5 Å². The van der Waals surface area contributed by atoms with Crippen LogP contribution in [-0.4, -0.2) is 72.2 Å². The number of fused-ring (bicyclic) bond motifs is 9. The minimum absolute atomic E-state index is 0.0140. The Bertz CT molecular complexity index is 1690. The Balaban J connectivity index is 1.39. The summed E-state index contributed by atoms with van der Waals surface area (Å²) < 4.78 is 63.8. The monoisotopic (exact) mass is 657 g/mol. The van der Waals surface area contributed by atoms with Gasteiger partial charge in [-0.15, -0.1) is 0 Å². The Hall–Kier alpha value is -2.96. The van der Waals surface area contributed by atoms with Crippen LogP contribution in [0.4, 0.5) is 14.6 Å². The molecule has 0 spiro atoms. The van der Waals surface area contributed by atoms with Gasteiger partial charge < -0.3 is 15.0 Å². The van der Waals surface area contributed by atoms with E-state index in [2.05, 4.69) is 20.2 Å². The van der Waals surface area contributed by atoms with Crippen LogP contribution in [0.1, 0.15) is 86.9 Å². The molecule has 2 fully saturated rings. The summed E-state index contributed by atoms with van der Waals surface area (Å²) in [5.74, 6) is -3.24. The van der Waals surface area contributed by atoms with Gasteiger partial charge in [0.05, 0.1) is 23.0 Å². The topological polar surface area (TPSA) is 106 Å². The number of nitrogens with one attached hydrogen (secondary N) is 1. The lowest BCUT2D eigenvalue weighted by Gasteiger charge is -2.37. The summed E-state index contributed by atoms with van der Waals surface area (Å²) in [7, 11) is -1.40. The minimum Gasteiger partial charge on any atom is -0.380 e. The van der Waals surface area contributed by atoms with Crippen LogP contribution in [0.5, 0.6) is 0 Å². The van der Waals surface area contributed by atoms with Crippen LogP contribution in [0.2, 0.25) is 0 Å². The molecule has 0 saturated carbocycles. The van der Waals surface area contributed by atoms with Crippen LogP contribution >= 0.6 is 0 Å². The van der Waals surface area contributed by atoms with E-state index in [1.54, 1.807) is 23.8 Å². The fourth-order valence-electron chi connectivity index (χ4n) is 7.43. The molecule has 1 N–H and O–H groups in total. The Morgan fingerprint density at radius 3 is 2.48 bits per heavy atom. The van der Waals surface area contributed by atoms with E-state index in [0.717, 1.165) is 32.2 Å². The lowest BCUT2D eigenvalue weighted by molar-refractivity contribution is -0.0882. The second kappa shape index (κ2) is 13.6. The van der Waals surface area contributed by atoms with Crippen molar-refractivity contribution in [2.24, 2.45) is 5.92 Å². The van der Waals surface area contributed by atoms with Crippen molar-refractivity contribution >= 4 is 26.7 Å². The van der Waals surface area contributed by atoms with Gasteiger partial charge in [-0.05, 0) is 82.2 Å². The number of ether oxygens (including phenoxy) is 1. The van der Waals surface area contributed by atoms with Gasteiger partial charge >= 0.3 is 0 Å². The largest absolute Gasteiger partial charge is 0.380 e. The first-order valence-electron chi connectivity index (χ1n) is 16.6. The van der Waals surface area contributed by atoms with E-state index in [0.29, 0.717) is 73.3 Å². The quantitative estimate of drug-likeness (QED) is 0.377. The molecule has 250 valence electrons. The number of anilines is 1. The third-order valence-electron chi connectivity index (χ3n) is 10.3. The predicted octanol–water partition coefficient (Wildman–Crippen LogP) is 5.65. The molecular weight excluding hydrogens is 612 g/mol. The average molecular weight is 658 g/mol. The van der Waals surface area contributed by atoms with Gasteiger partial charge in [0.25, 0.3) is 11.5 Å². The number of hydrogen-bond acceptors (Lipinski definition) is 8. The van der Waals surface area contributed by atoms with Gasteiger partial charge in [0.15, 0.2) is 0 Å². The summed E-state index contributed by atoms with van der Waals surface area (Å²) in [6.07, 6.45) is 6.51. The van der Waals surface area contributed by atoms with Crippen molar-refractivity contribution < 1.29 is 21.9 Å². The molecule has 4 aliphatic rings. The molecule has 0 aliphatic carbocycles. The molecule has 12 heteroatoms. The summed E-state index contributed by atoms with van der Waals surface area (Å²) in [6.45, 7) is 4.34. The zero-order valence-electron chi connectivity index (χ0n) is 26.8. The third kappa shape index (κ3) is 6.99. The van der Waals surface area contributed by atoms with E-state index < -0.39 is 21.7 Å². The second-order valence-electron chi connectivity index (χ2n) is 13.3. The number of alkyl halides is 2. The maximum absolute atomic E-state index is 15.9. The standard InChI is InChI=1S/C34H45F2N5O4S/c1-23-25-7-6-8-27(19-25)34(35,36)26-10-15-40(16-11-26)21-28(45-2)9-4-3-5-14-41-32-30(31(39-23)37-22-38-32)20-29(33(41)42)24-12-17-46(43,44)18-13-24/h6-8,19-20,22-24,26,28H,3-5,9-18,21H2,1-2H3,(H,37,38,39)/t23-,28+/m1/s1.